The predicted molar refractivity (Wildman–Crippen MR) is 89.5 cm³/mol. The number of aromatic nitrogens is 2. The molecule has 23 heavy (non-hydrogen) atoms. The summed E-state index contributed by atoms with van der Waals surface area (Å²) < 4.78 is 5.18. The highest BCUT2D eigenvalue weighted by Gasteiger charge is 2.15. The van der Waals surface area contributed by atoms with E-state index in [0.29, 0.717) is 22.4 Å². The van der Waals surface area contributed by atoms with Crippen molar-refractivity contribution in [2.24, 2.45) is 0 Å². The Kier molecular flexibility index (Phi) is 4.59. The van der Waals surface area contributed by atoms with Crippen LogP contribution in [-0.2, 0) is 6.54 Å². The number of nitrogens with zero attached hydrogens (tertiary/aromatic N) is 3. The second-order valence-electron chi connectivity index (χ2n) is 4.79. The van der Waals surface area contributed by atoms with Crippen molar-refractivity contribution in [3.05, 3.63) is 52.7 Å². The van der Waals surface area contributed by atoms with Gasteiger partial charge in [0.05, 0.1) is 4.88 Å². The molecule has 2 heterocycles. The van der Waals surface area contributed by atoms with Gasteiger partial charge in [-0.3, -0.25) is 0 Å². The highest BCUT2D eigenvalue weighted by Crippen LogP contribution is 2.21. The molecule has 0 saturated heterocycles. The van der Waals surface area contributed by atoms with Crippen molar-refractivity contribution in [3.63, 3.8) is 0 Å². The molecule has 0 fully saturated rings. The first kappa shape index (κ1) is 15.5. The van der Waals surface area contributed by atoms with Gasteiger partial charge in [0, 0.05) is 17.8 Å². The maximum Gasteiger partial charge on any atom is 0.322 e. The number of anilines is 1. The van der Waals surface area contributed by atoms with Crippen molar-refractivity contribution < 1.29 is 9.32 Å². The first-order chi connectivity index (χ1) is 11.1. The van der Waals surface area contributed by atoms with Crippen molar-refractivity contribution in [3.8, 4) is 10.7 Å². The summed E-state index contributed by atoms with van der Waals surface area (Å²) in [6.07, 6.45) is 0. The molecule has 0 radical (unpaired) electrons. The molecule has 118 valence electrons. The highest BCUT2D eigenvalue weighted by molar-refractivity contribution is 7.13. The molecule has 3 aromatic rings. The average molecular weight is 349 g/mol. The Bertz CT molecular complexity index is 803. The molecule has 2 amide bonds. The van der Waals surface area contributed by atoms with Gasteiger partial charge in [-0.1, -0.05) is 28.9 Å². The number of urea groups is 1. The zero-order valence-corrected chi connectivity index (χ0v) is 13.8. The molecule has 6 nitrogen and oxygen atoms in total. The van der Waals surface area contributed by atoms with Crippen LogP contribution in [0.3, 0.4) is 0 Å². The van der Waals surface area contributed by atoms with E-state index in [0.717, 1.165) is 4.88 Å². The van der Waals surface area contributed by atoms with Crippen LogP contribution in [0.15, 0.2) is 46.3 Å². The maximum atomic E-state index is 12.1. The molecular formula is C15H13ClN4O2S. The quantitative estimate of drug-likeness (QED) is 0.770. The lowest BCUT2D eigenvalue weighted by molar-refractivity contribution is 0.213. The Balaban J connectivity index is 1.62. The summed E-state index contributed by atoms with van der Waals surface area (Å²) in [6.45, 7) is 0.213. The second-order valence-corrected chi connectivity index (χ2v) is 6.17. The van der Waals surface area contributed by atoms with E-state index in [9.17, 15) is 4.79 Å². The molecule has 0 aliphatic carbocycles. The summed E-state index contributed by atoms with van der Waals surface area (Å²) in [4.78, 5) is 18.8. The molecular weight excluding hydrogens is 336 g/mol. The van der Waals surface area contributed by atoms with Gasteiger partial charge in [-0.15, -0.1) is 11.3 Å². The molecule has 0 spiro atoms. The standard InChI is InChI=1S/C15H13ClN4O2S/c1-20(15(21)17-11-5-2-4-10(16)8-11)9-13-18-14(19-22-13)12-6-3-7-23-12/h2-8H,9H2,1H3,(H,17,21). The minimum absolute atomic E-state index is 0.213. The van der Waals surface area contributed by atoms with Crippen LogP contribution >= 0.6 is 22.9 Å². The summed E-state index contributed by atoms with van der Waals surface area (Å²) in [7, 11) is 1.65. The van der Waals surface area contributed by atoms with E-state index in [4.69, 9.17) is 16.1 Å². The summed E-state index contributed by atoms with van der Waals surface area (Å²) in [5.41, 5.74) is 0.624. The Morgan fingerprint density at radius 1 is 1.39 bits per heavy atom. The molecule has 3 rings (SSSR count). The van der Waals surface area contributed by atoms with Crippen LogP contribution in [-0.4, -0.2) is 28.1 Å². The maximum absolute atomic E-state index is 12.1. The van der Waals surface area contributed by atoms with E-state index >= 15 is 0 Å². The number of rotatable bonds is 4. The Morgan fingerprint density at radius 2 is 2.26 bits per heavy atom. The fraction of sp³-hybridized carbons (Fsp3) is 0.133. The topological polar surface area (TPSA) is 71.3 Å². The molecule has 0 bridgehead atoms. The fourth-order valence-electron chi connectivity index (χ4n) is 1.88. The SMILES string of the molecule is CN(Cc1nc(-c2cccs2)no1)C(=O)Nc1cccc(Cl)c1. The van der Waals surface area contributed by atoms with Crippen LogP contribution in [0, 0.1) is 0 Å². The minimum atomic E-state index is -0.289. The highest BCUT2D eigenvalue weighted by atomic mass is 35.5. The predicted octanol–water partition coefficient (Wildman–Crippen LogP) is 4.12. The van der Waals surface area contributed by atoms with Gasteiger partial charge >= 0.3 is 6.03 Å². The van der Waals surface area contributed by atoms with Gasteiger partial charge in [0.2, 0.25) is 11.7 Å². The van der Waals surface area contributed by atoms with Gasteiger partial charge in [-0.25, -0.2) is 4.79 Å². The molecule has 0 aliphatic heterocycles. The van der Waals surface area contributed by atoms with Crippen LogP contribution in [0.1, 0.15) is 5.89 Å². The van der Waals surface area contributed by atoms with E-state index in [-0.39, 0.29) is 12.6 Å². The first-order valence-corrected chi connectivity index (χ1v) is 8.02. The molecule has 2 aromatic heterocycles. The molecule has 0 saturated carbocycles. The summed E-state index contributed by atoms with van der Waals surface area (Å²) in [5.74, 6) is 0.899. The average Bonchev–Trinajstić information content (AvgIpc) is 3.17. The van der Waals surface area contributed by atoms with Crippen LogP contribution in [0.5, 0.6) is 0 Å². The van der Waals surface area contributed by atoms with Gasteiger partial charge < -0.3 is 14.7 Å². The number of benzene rings is 1. The zero-order valence-electron chi connectivity index (χ0n) is 12.2. The third-order valence-corrected chi connectivity index (χ3v) is 4.11. The van der Waals surface area contributed by atoms with E-state index in [1.807, 2.05) is 17.5 Å². The lowest BCUT2D eigenvalue weighted by Crippen LogP contribution is -2.30. The molecule has 0 unspecified atom stereocenters. The largest absolute Gasteiger partial charge is 0.337 e. The summed E-state index contributed by atoms with van der Waals surface area (Å²) >= 11 is 7.42. The minimum Gasteiger partial charge on any atom is -0.337 e. The van der Waals surface area contributed by atoms with Crippen LogP contribution in [0.25, 0.3) is 10.7 Å². The van der Waals surface area contributed by atoms with E-state index in [1.165, 1.54) is 16.2 Å². The lowest BCUT2D eigenvalue weighted by atomic mass is 10.3. The van der Waals surface area contributed by atoms with Crippen molar-refractivity contribution in [2.45, 2.75) is 6.54 Å². The zero-order chi connectivity index (χ0) is 16.2. The number of thiophene rings is 1. The Labute approximate surface area is 141 Å². The van der Waals surface area contributed by atoms with E-state index in [1.54, 1.807) is 31.3 Å². The molecule has 0 aliphatic rings. The van der Waals surface area contributed by atoms with Crippen molar-refractivity contribution in [1.29, 1.82) is 0 Å². The van der Waals surface area contributed by atoms with Gasteiger partial charge in [0.1, 0.15) is 6.54 Å². The number of carbonyl (C=O) groups excluding carboxylic acids is 1. The number of amides is 2. The summed E-state index contributed by atoms with van der Waals surface area (Å²) in [6, 6.07) is 10.5. The van der Waals surface area contributed by atoms with Crippen molar-refractivity contribution >= 4 is 34.7 Å². The third kappa shape index (κ3) is 3.88. The number of halogens is 1. The number of hydrogen-bond donors (Lipinski definition) is 1. The van der Waals surface area contributed by atoms with E-state index < -0.39 is 0 Å². The van der Waals surface area contributed by atoms with Crippen molar-refractivity contribution in [2.75, 3.05) is 12.4 Å². The normalized spacial score (nSPS) is 10.5. The van der Waals surface area contributed by atoms with Crippen molar-refractivity contribution in [1.82, 2.24) is 15.0 Å². The lowest BCUT2D eigenvalue weighted by Gasteiger charge is -2.15. The Morgan fingerprint density at radius 3 is 3.00 bits per heavy atom. The van der Waals surface area contributed by atoms with Crippen LogP contribution in [0.2, 0.25) is 5.02 Å². The van der Waals surface area contributed by atoms with E-state index in [2.05, 4.69) is 15.5 Å². The van der Waals surface area contributed by atoms with Gasteiger partial charge in [-0.2, -0.15) is 4.98 Å². The monoisotopic (exact) mass is 348 g/mol. The molecule has 0 atom stereocenters. The smallest absolute Gasteiger partial charge is 0.322 e. The van der Waals surface area contributed by atoms with Crippen LogP contribution < -0.4 is 5.32 Å². The molecule has 1 N–H and O–H groups in total. The van der Waals surface area contributed by atoms with Gasteiger partial charge in [0.15, 0.2) is 0 Å². The number of hydrogen-bond acceptors (Lipinski definition) is 5. The van der Waals surface area contributed by atoms with Gasteiger partial charge in [0.25, 0.3) is 0 Å². The Hall–Kier alpha value is -2.38. The summed E-state index contributed by atoms with van der Waals surface area (Å²) in [5, 5.41) is 9.17. The molecule has 1 aromatic carbocycles. The first-order valence-electron chi connectivity index (χ1n) is 6.76. The van der Waals surface area contributed by atoms with Gasteiger partial charge in [-0.05, 0) is 29.6 Å². The molecule has 8 heteroatoms. The number of carbonyl (C=O) groups is 1. The second kappa shape index (κ2) is 6.80. The fourth-order valence-corrected chi connectivity index (χ4v) is 2.72. The third-order valence-electron chi connectivity index (χ3n) is 3.00. The number of nitrogens with one attached hydrogen (secondary N) is 1. The van der Waals surface area contributed by atoms with Crippen LogP contribution in [0.4, 0.5) is 10.5 Å².